The number of aromatic nitrogens is 2. The van der Waals surface area contributed by atoms with Crippen molar-refractivity contribution in [2.75, 3.05) is 6.61 Å². The highest BCUT2D eigenvalue weighted by Crippen LogP contribution is 2.30. The fourth-order valence-electron chi connectivity index (χ4n) is 1.81. The van der Waals surface area contributed by atoms with E-state index in [1.165, 1.54) is 0 Å². The van der Waals surface area contributed by atoms with Gasteiger partial charge in [-0.05, 0) is 0 Å². The van der Waals surface area contributed by atoms with Crippen molar-refractivity contribution in [3.05, 3.63) is 33.1 Å². The van der Waals surface area contributed by atoms with Gasteiger partial charge in [0.15, 0.2) is 6.23 Å². The minimum absolute atomic E-state index is 0.479. The maximum atomic E-state index is 11.4. The van der Waals surface area contributed by atoms with Crippen LogP contribution in [0.2, 0.25) is 0 Å². The van der Waals surface area contributed by atoms with Crippen LogP contribution in [0.1, 0.15) is 6.23 Å². The quantitative estimate of drug-likeness (QED) is 0.284. The molecule has 0 radical (unpaired) electrons. The summed E-state index contributed by atoms with van der Waals surface area (Å²) in [4.78, 5) is 39.7. The van der Waals surface area contributed by atoms with E-state index in [1.807, 2.05) is 4.98 Å². The van der Waals surface area contributed by atoms with Crippen LogP contribution in [-0.4, -0.2) is 59.6 Å². The van der Waals surface area contributed by atoms with E-state index >= 15 is 0 Å². The van der Waals surface area contributed by atoms with Crippen LogP contribution < -0.4 is 11.2 Å². The van der Waals surface area contributed by atoms with Crippen LogP contribution in [0.5, 0.6) is 0 Å². The molecule has 0 saturated carbocycles. The predicted octanol–water partition coefficient (Wildman–Crippen LogP) is -3.08. The standard InChI is InChI=1S/C9H12N2O6.H4O5P2/c12-3-4-6(14)7(15)8(17-4)11-2-1-5(13)10-9(11)16;1-6(2)5-7(3)4/h1-2,4,6-8,12,14-15H,3H2,(H,10,13,16);6-7H,(H,1,2)(H,3,4)/t4-,6-,7-,8-;/m1./s1. The zero-order valence-electron chi connectivity index (χ0n) is 11.8. The van der Waals surface area contributed by atoms with E-state index in [0.29, 0.717) is 0 Å². The normalized spacial score (nSPS) is 28.7. The van der Waals surface area contributed by atoms with Crippen molar-refractivity contribution in [2.24, 2.45) is 0 Å². The first-order valence-electron chi connectivity index (χ1n) is 6.25. The van der Waals surface area contributed by atoms with Gasteiger partial charge in [0.2, 0.25) is 0 Å². The van der Waals surface area contributed by atoms with Crippen molar-refractivity contribution in [3.8, 4) is 0 Å². The number of hydrogen-bond donors (Lipinski definition) is 6. The molecule has 1 aromatic heterocycles. The number of aliphatic hydroxyl groups excluding tert-OH is 3. The summed E-state index contributed by atoms with van der Waals surface area (Å²) in [5.74, 6) is 0. The van der Waals surface area contributed by atoms with E-state index in [9.17, 15) is 28.9 Å². The number of hydrogen-bond acceptors (Lipinski definition) is 9. The van der Waals surface area contributed by atoms with Gasteiger partial charge in [-0.1, -0.05) is 0 Å². The second-order valence-electron chi connectivity index (χ2n) is 4.38. The maximum Gasteiger partial charge on any atom is 0.330 e. The Kier molecular flexibility index (Phi) is 8.16. The van der Waals surface area contributed by atoms with Gasteiger partial charge in [0.05, 0.1) is 6.61 Å². The van der Waals surface area contributed by atoms with Crippen LogP contribution >= 0.6 is 16.5 Å². The molecule has 0 aromatic carbocycles. The summed E-state index contributed by atoms with van der Waals surface area (Å²) in [5.41, 5.74) is -1.33. The van der Waals surface area contributed by atoms with Crippen LogP contribution in [0.3, 0.4) is 0 Å². The van der Waals surface area contributed by atoms with Gasteiger partial charge in [0.25, 0.3) is 5.56 Å². The van der Waals surface area contributed by atoms with Crippen molar-refractivity contribution in [2.45, 2.75) is 24.5 Å². The smallest absolute Gasteiger partial charge is 0.330 e. The summed E-state index contributed by atoms with van der Waals surface area (Å²) >= 11 is 0. The molecule has 0 bridgehead atoms. The Morgan fingerprint density at radius 3 is 2.17 bits per heavy atom. The van der Waals surface area contributed by atoms with Crippen LogP contribution in [0.25, 0.3) is 0 Å². The molecule has 0 spiro atoms. The zero-order valence-corrected chi connectivity index (χ0v) is 13.8. The Morgan fingerprint density at radius 1 is 1.21 bits per heavy atom. The van der Waals surface area contributed by atoms with E-state index in [4.69, 9.17) is 19.6 Å². The molecular weight excluding hydrogens is 374 g/mol. The van der Waals surface area contributed by atoms with Gasteiger partial charge in [0.1, 0.15) is 18.3 Å². The molecule has 1 saturated heterocycles. The second-order valence-corrected chi connectivity index (χ2v) is 6.26. The zero-order chi connectivity index (χ0) is 18.4. The topological polar surface area (TPSA) is 209 Å². The summed E-state index contributed by atoms with van der Waals surface area (Å²) in [6.45, 7) is -0.479. The predicted molar refractivity (Wildman–Crippen MR) is 77.9 cm³/mol. The van der Waals surface area contributed by atoms with E-state index in [2.05, 4.69) is 4.31 Å². The Labute approximate surface area is 134 Å². The molecule has 2 unspecified atom stereocenters. The van der Waals surface area contributed by atoms with Gasteiger partial charge < -0.3 is 29.8 Å². The van der Waals surface area contributed by atoms with Crippen LogP contribution in [0.4, 0.5) is 0 Å². The first-order chi connectivity index (χ1) is 11.2. The highest BCUT2D eigenvalue weighted by atomic mass is 31.2. The lowest BCUT2D eigenvalue weighted by molar-refractivity contribution is -0.0550. The lowest BCUT2D eigenvalue weighted by Crippen LogP contribution is -2.37. The number of rotatable bonds is 4. The number of nitrogens with one attached hydrogen (secondary N) is 1. The highest BCUT2D eigenvalue weighted by Gasteiger charge is 2.43. The van der Waals surface area contributed by atoms with Crippen molar-refractivity contribution < 1.29 is 43.3 Å². The van der Waals surface area contributed by atoms with Crippen molar-refractivity contribution in [3.63, 3.8) is 0 Å². The number of nitrogens with zero attached hydrogens (tertiary/aromatic N) is 1. The summed E-state index contributed by atoms with van der Waals surface area (Å²) < 4.78 is 28.4. The molecule has 6 atom stereocenters. The molecule has 13 nitrogen and oxygen atoms in total. The maximum absolute atomic E-state index is 11.4. The average molecular weight is 390 g/mol. The van der Waals surface area contributed by atoms with Crippen molar-refractivity contribution >= 4 is 16.5 Å². The van der Waals surface area contributed by atoms with E-state index in [1.54, 1.807) is 0 Å². The number of H-pyrrole nitrogens is 1. The number of ether oxygens (including phenoxy) is 1. The molecule has 1 aromatic rings. The summed E-state index contributed by atoms with van der Waals surface area (Å²) in [5, 5.41) is 28.1. The molecule has 6 N–H and O–H groups in total. The SMILES string of the molecule is O=[PH](O)O[PH](=O)O.O=c1ccn([C@@H]2O[C@H](CO)[C@@H](O)[C@H]2O)c(=O)[nH]1. The average Bonchev–Trinajstić information content (AvgIpc) is 2.74. The van der Waals surface area contributed by atoms with Crippen LogP contribution in [-0.2, 0) is 18.2 Å². The lowest BCUT2D eigenvalue weighted by atomic mass is 10.1. The van der Waals surface area contributed by atoms with Gasteiger partial charge in [-0.2, -0.15) is 0 Å². The summed E-state index contributed by atoms with van der Waals surface area (Å²) in [6, 6.07) is 1.09. The third kappa shape index (κ3) is 5.74. The van der Waals surface area contributed by atoms with E-state index in [0.717, 1.165) is 16.8 Å². The molecule has 2 heterocycles. The molecule has 0 amide bonds. The van der Waals surface area contributed by atoms with E-state index in [-0.39, 0.29) is 0 Å². The Bertz CT molecular complexity index is 691. The van der Waals surface area contributed by atoms with Gasteiger partial charge >= 0.3 is 22.2 Å². The molecule has 1 fully saturated rings. The molecule has 15 heteroatoms. The minimum Gasteiger partial charge on any atom is -0.394 e. The number of aromatic amines is 1. The fraction of sp³-hybridized carbons (Fsp3) is 0.556. The first kappa shape index (κ1) is 20.9. The summed E-state index contributed by atoms with van der Waals surface area (Å²) in [7, 11) is -6.40. The molecule has 1 aliphatic heterocycles. The number of aliphatic hydroxyl groups is 3. The first-order valence-corrected chi connectivity index (χ1v) is 8.77. The Morgan fingerprint density at radius 2 is 1.79 bits per heavy atom. The van der Waals surface area contributed by atoms with E-state index < -0.39 is 58.9 Å². The third-order valence-electron chi connectivity index (χ3n) is 2.82. The molecule has 138 valence electrons. The molecule has 1 aliphatic rings. The van der Waals surface area contributed by atoms with Gasteiger partial charge in [-0.25, -0.2) is 9.11 Å². The molecular formula is C9H16N2O11P2. The van der Waals surface area contributed by atoms with Crippen LogP contribution in [0, 0.1) is 0 Å². The van der Waals surface area contributed by atoms with Crippen LogP contribution in [0.15, 0.2) is 21.9 Å². The Hall–Kier alpha value is -1.14. The van der Waals surface area contributed by atoms with Gasteiger partial charge in [0, 0.05) is 12.3 Å². The van der Waals surface area contributed by atoms with Gasteiger partial charge in [-0.3, -0.25) is 23.5 Å². The monoisotopic (exact) mass is 390 g/mol. The third-order valence-corrected chi connectivity index (χ3v) is 4.21. The molecule has 24 heavy (non-hydrogen) atoms. The largest absolute Gasteiger partial charge is 0.394 e. The molecule has 2 rings (SSSR count). The highest BCUT2D eigenvalue weighted by molar-refractivity contribution is 7.46. The summed E-state index contributed by atoms with van der Waals surface area (Å²) in [6.07, 6.45) is -3.58. The lowest BCUT2D eigenvalue weighted by Gasteiger charge is -2.16. The van der Waals surface area contributed by atoms with Crippen molar-refractivity contribution in [1.29, 1.82) is 0 Å². The molecule has 0 aliphatic carbocycles. The second kappa shape index (κ2) is 9.37. The van der Waals surface area contributed by atoms with Crippen molar-refractivity contribution in [1.82, 2.24) is 9.55 Å². The Balaban J connectivity index is 0.000000351. The van der Waals surface area contributed by atoms with Gasteiger partial charge in [-0.15, -0.1) is 0 Å². The fourth-order valence-corrected chi connectivity index (χ4v) is 2.41. The minimum atomic E-state index is -3.20.